The molecule has 0 spiro atoms. The zero-order valence-electron chi connectivity index (χ0n) is 11.7. The Morgan fingerprint density at radius 1 is 1.15 bits per heavy atom. The van der Waals surface area contributed by atoms with Crippen LogP contribution in [0.15, 0.2) is 36.7 Å². The van der Waals surface area contributed by atoms with Crippen molar-refractivity contribution in [1.29, 1.82) is 0 Å². The summed E-state index contributed by atoms with van der Waals surface area (Å²) in [7, 11) is 3.19. The molecule has 2 aromatic rings. The number of hydrogen-bond donors (Lipinski definition) is 1. The second-order valence-electron chi connectivity index (χ2n) is 4.37. The summed E-state index contributed by atoms with van der Waals surface area (Å²) < 4.78 is 23.6. The molecule has 1 unspecified atom stereocenters. The number of halogens is 1. The third-order valence-corrected chi connectivity index (χ3v) is 3.01. The first-order chi connectivity index (χ1) is 9.63. The van der Waals surface area contributed by atoms with Crippen LogP contribution in [0.1, 0.15) is 18.5 Å². The van der Waals surface area contributed by atoms with Crippen molar-refractivity contribution < 1.29 is 13.9 Å². The summed E-state index contributed by atoms with van der Waals surface area (Å²) in [6.45, 7) is 1.93. The van der Waals surface area contributed by atoms with Crippen LogP contribution in [0.5, 0.6) is 11.5 Å². The Kier molecular flexibility index (Phi) is 4.40. The summed E-state index contributed by atoms with van der Waals surface area (Å²) in [5, 5.41) is 3.27. The standard InChI is InChI=1S/C15H17FN2O2/c1-10(11-6-12(16)9-17-8-11)18-14-5-4-13(19-2)7-15(14)20-3/h4-10,18H,1-3H3. The summed E-state index contributed by atoms with van der Waals surface area (Å²) in [6, 6.07) is 6.85. The van der Waals surface area contributed by atoms with Crippen molar-refractivity contribution in [2.45, 2.75) is 13.0 Å². The largest absolute Gasteiger partial charge is 0.497 e. The minimum Gasteiger partial charge on any atom is -0.497 e. The second-order valence-corrected chi connectivity index (χ2v) is 4.37. The van der Waals surface area contributed by atoms with Crippen LogP contribution in [0.25, 0.3) is 0 Å². The quantitative estimate of drug-likeness (QED) is 0.908. The zero-order valence-corrected chi connectivity index (χ0v) is 11.7. The van der Waals surface area contributed by atoms with Gasteiger partial charge in [-0.1, -0.05) is 0 Å². The van der Waals surface area contributed by atoms with E-state index in [4.69, 9.17) is 9.47 Å². The molecule has 1 atom stereocenters. The molecule has 106 valence electrons. The van der Waals surface area contributed by atoms with Gasteiger partial charge < -0.3 is 14.8 Å². The van der Waals surface area contributed by atoms with E-state index in [2.05, 4.69) is 10.3 Å². The molecule has 0 fully saturated rings. The lowest BCUT2D eigenvalue weighted by molar-refractivity contribution is 0.395. The number of ether oxygens (including phenoxy) is 2. The highest BCUT2D eigenvalue weighted by Gasteiger charge is 2.11. The Labute approximate surface area is 117 Å². The number of nitrogens with zero attached hydrogens (tertiary/aromatic N) is 1. The van der Waals surface area contributed by atoms with Crippen molar-refractivity contribution in [2.75, 3.05) is 19.5 Å². The van der Waals surface area contributed by atoms with E-state index in [1.165, 1.54) is 12.3 Å². The molecule has 1 aromatic carbocycles. The first kappa shape index (κ1) is 14.1. The van der Waals surface area contributed by atoms with E-state index in [1.54, 1.807) is 26.5 Å². The molecule has 1 heterocycles. The average Bonchev–Trinajstić information content (AvgIpc) is 2.47. The van der Waals surface area contributed by atoms with Gasteiger partial charge in [-0.2, -0.15) is 0 Å². The van der Waals surface area contributed by atoms with E-state index in [0.29, 0.717) is 11.5 Å². The van der Waals surface area contributed by atoms with Crippen molar-refractivity contribution in [3.8, 4) is 11.5 Å². The van der Waals surface area contributed by atoms with Gasteiger partial charge in [0.15, 0.2) is 0 Å². The molecule has 0 aliphatic heterocycles. The molecule has 4 nitrogen and oxygen atoms in total. The van der Waals surface area contributed by atoms with E-state index >= 15 is 0 Å². The number of aromatic nitrogens is 1. The van der Waals surface area contributed by atoms with Crippen LogP contribution < -0.4 is 14.8 Å². The normalized spacial score (nSPS) is 11.8. The number of benzene rings is 1. The number of methoxy groups -OCH3 is 2. The van der Waals surface area contributed by atoms with Gasteiger partial charge in [-0.25, -0.2) is 4.39 Å². The molecular formula is C15H17FN2O2. The third kappa shape index (κ3) is 3.17. The number of rotatable bonds is 5. The molecule has 0 aliphatic rings. The molecule has 0 radical (unpaired) electrons. The van der Waals surface area contributed by atoms with Gasteiger partial charge in [-0.05, 0) is 30.7 Å². The van der Waals surface area contributed by atoms with Crippen LogP contribution in [0, 0.1) is 5.82 Å². The highest BCUT2D eigenvalue weighted by Crippen LogP contribution is 2.31. The fourth-order valence-corrected chi connectivity index (χ4v) is 1.90. The van der Waals surface area contributed by atoms with Crippen molar-refractivity contribution in [2.24, 2.45) is 0 Å². The Morgan fingerprint density at radius 3 is 2.60 bits per heavy atom. The predicted octanol–water partition coefficient (Wildman–Crippen LogP) is 3.41. The molecule has 0 amide bonds. The first-order valence-corrected chi connectivity index (χ1v) is 6.23. The van der Waals surface area contributed by atoms with Crippen LogP contribution in [-0.2, 0) is 0 Å². The van der Waals surface area contributed by atoms with Gasteiger partial charge in [-0.3, -0.25) is 4.98 Å². The maximum absolute atomic E-state index is 13.2. The number of nitrogens with one attached hydrogen (secondary N) is 1. The summed E-state index contributed by atoms with van der Waals surface area (Å²) in [5.74, 6) is 1.03. The molecule has 0 bridgehead atoms. The molecule has 0 aliphatic carbocycles. The van der Waals surface area contributed by atoms with Gasteiger partial charge in [0.2, 0.25) is 0 Å². The van der Waals surface area contributed by atoms with E-state index in [0.717, 1.165) is 11.3 Å². The lowest BCUT2D eigenvalue weighted by atomic mass is 10.1. The predicted molar refractivity (Wildman–Crippen MR) is 75.8 cm³/mol. The van der Waals surface area contributed by atoms with Gasteiger partial charge in [-0.15, -0.1) is 0 Å². The fraction of sp³-hybridized carbons (Fsp3) is 0.267. The lowest BCUT2D eigenvalue weighted by Crippen LogP contribution is -2.08. The van der Waals surface area contributed by atoms with Crippen LogP contribution >= 0.6 is 0 Å². The lowest BCUT2D eigenvalue weighted by Gasteiger charge is -2.18. The molecule has 1 N–H and O–H groups in total. The van der Waals surface area contributed by atoms with Crippen LogP contribution in [0.3, 0.4) is 0 Å². The maximum atomic E-state index is 13.2. The summed E-state index contributed by atoms with van der Waals surface area (Å²) in [4.78, 5) is 3.85. The van der Waals surface area contributed by atoms with Crippen LogP contribution in [0.2, 0.25) is 0 Å². The highest BCUT2D eigenvalue weighted by molar-refractivity contribution is 5.60. The number of pyridine rings is 1. The van der Waals surface area contributed by atoms with E-state index in [1.807, 2.05) is 19.1 Å². The van der Waals surface area contributed by atoms with Crippen LogP contribution in [0.4, 0.5) is 10.1 Å². The Balaban J connectivity index is 2.21. The highest BCUT2D eigenvalue weighted by atomic mass is 19.1. The summed E-state index contributed by atoms with van der Waals surface area (Å²) in [6.07, 6.45) is 2.82. The Morgan fingerprint density at radius 2 is 1.95 bits per heavy atom. The molecule has 0 saturated carbocycles. The SMILES string of the molecule is COc1ccc(NC(C)c2cncc(F)c2)c(OC)c1. The van der Waals surface area contributed by atoms with Gasteiger partial charge in [0, 0.05) is 12.3 Å². The molecule has 20 heavy (non-hydrogen) atoms. The van der Waals surface area contributed by atoms with Crippen molar-refractivity contribution >= 4 is 5.69 Å². The molecule has 2 rings (SSSR count). The summed E-state index contributed by atoms with van der Waals surface area (Å²) in [5.41, 5.74) is 1.58. The Bertz CT molecular complexity index is 590. The molecule has 1 aromatic heterocycles. The third-order valence-electron chi connectivity index (χ3n) is 3.01. The first-order valence-electron chi connectivity index (χ1n) is 6.23. The number of anilines is 1. The monoisotopic (exact) mass is 276 g/mol. The van der Waals surface area contributed by atoms with Crippen molar-refractivity contribution in [3.63, 3.8) is 0 Å². The van der Waals surface area contributed by atoms with Crippen molar-refractivity contribution in [1.82, 2.24) is 4.98 Å². The van der Waals surface area contributed by atoms with Gasteiger partial charge in [0.25, 0.3) is 0 Å². The van der Waals surface area contributed by atoms with Crippen molar-refractivity contribution in [3.05, 3.63) is 48.0 Å². The van der Waals surface area contributed by atoms with Gasteiger partial charge in [0.05, 0.1) is 32.1 Å². The van der Waals surface area contributed by atoms with E-state index in [-0.39, 0.29) is 11.9 Å². The van der Waals surface area contributed by atoms with Gasteiger partial charge >= 0.3 is 0 Å². The van der Waals surface area contributed by atoms with E-state index in [9.17, 15) is 4.39 Å². The zero-order chi connectivity index (χ0) is 14.5. The topological polar surface area (TPSA) is 43.4 Å². The molecular weight excluding hydrogens is 259 g/mol. The van der Waals surface area contributed by atoms with Gasteiger partial charge in [0.1, 0.15) is 17.3 Å². The molecule has 5 heteroatoms. The summed E-state index contributed by atoms with van der Waals surface area (Å²) >= 11 is 0. The fourth-order valence-electron chi connectivity index (χ4n) is 1.90. The minimum absolute atomic E-state index is 0.0968. The number of hydrogen-bond acceptors (Lipinski definition) is 4. The smallest absolute Gasteiger partial charge is 0.145 e. The van der Waals surface area contributed by atoms with Crippen LogP contribution in [-0.4, -0.2) is 19.2 Å². The van der Waals surface area contributed by atoms with E-state index < -0.39 is 0 Å². The Hall–Kier alpha value is -2.30. The average molecular weight is 276 g/mol. The second kappa shape index (κ2) is 6.23. The minimum atomic E-state index is -0.349. The molecule has 0 saturated heterocycles. The maximum Gasteiger partial charge on any atom is 0.145 e.